The average Bonchev–Trinajstić information content (AvgIpc) is 2.99. The van der Waals surface area contributed by atoms with Crippen LogP contribution in [0, 0.1) is 0 Å². The number of nitrogens with one attached hydrogen (secondary N) is 2. The first-order valence-electron chi connectivity index (χ1n) is 5.76. The number of hydrogen-bond donors (Lipinski definition) is 2. The first kappa shape index (κ1) is 12.2. The summed E-state index contributed by atoms with van der Waals surface area (Å²) in [6.07, 6.45) is 0. The molecule has 1 aromatic carbocycles. The van der Waals surface area contributed by atoms with E-state index >= 15 is 0 Å². The molecule has 2 N–H and O–H groups in total. The van der Waals surface area contributed by atoms with E-state index in [1.165, 1.54) is 7.11 Å². The lowest BCUT2D eigenvalue weighted by Crippen LogP contribution is -2.10. The third kappa shape index (κ3) is 1.78. The molecule has 0 unspecified atom stereocenters. The molecule has 0 spiro atoms. The number of H-pyrrole nitrogens is 2. The molecule has 0 aliphatic carbocycles. The minimum atomic E-state index is -0.328. The van der Waals surface area contributed by atoms with Crippen LogP contribution in [0.25, 0.3) is 22.3 Å². The molecule has 102 valence electrons. The number of tetrazole rings is 1. The number of ether oxygens (including phenoxy) is 2. The van der Waals surface area contributed by atoms with Gasteiger partial charge in [-0.15, -0.1) is 10.2 Å². The lowest BCUT2D eigenvalue weighted by Gasteiger charge is -2.09. The van der Waals surface area contributed by atoms with Gasteiger partial charge in [0.2, 0.25) is 5.82 Å². The highest BCUT2D eigenvalue weighted by atomic mass is 16.5. The number of rotatable bonds is 3. The third-order valence-corrected chi connectivity index (χ3v) is 2.97. The van der Waals surface area contributed by atoms with Crippen molar-refractivity contribution < 1.29 is 9.47 Å². The first-order valence-corrected chi connectivity index (χ1v) is 5.76. The van der Waals surface area contributed by atoms with Gasteiger partial charge in [-0.2, -0.15) is 5.21 Å². The van der Waals surface area contributed by atoms with Gasteiger partial charge in [0.15, 0.2) is 0 Å². The molecule has 2 heterocycles. The molecular formula is C12H11N5O3. The van der Waals surface area contributed by atoms with Crippen molar-refractivity contribution >= 4 is 10.9 Å². The van der Waals surface area contributed by atoms with E-state index in [1.54, 1.807) is 25.3 Å². The maximum absolute atomic E-state index is 12.1. The van der Waals surface area contributed by atoms with Crippen LogP contribution in [0.1, 0.15) is 0 Å². The Labute approximate surface area is 112 Å². The minimum absolute atomic E-state index is 0.220. The average molecular weight is 273 g/mol. The van der Waals surface area contributed by atoms with Crippen LogP contribution >= 0.6 is 0 Å². The van der Waals surface area contributed by atoms with Crippen LogP contribution < -0.4 is 15.0 Å². The van der Waals surface area contributed by atoms with Crippen molar-refractivity contribution in [1.82, 2.24) is 25.6 Å². The Kier molecular flexibility index (Phi) is 2.82. The van der Waals surface area contributed by atoms with Crippen LogP contribution in [0.15, 0.2) is 23.0 Å². The van der Waals surface area contributed by atoms with Crippen molar-refractivity contribution in [2.24, 2.45) is 0 Å². The Balaban J connectivity index is 2.37. The number of pyridine rings is 1. The molecule has 0 atom stereocenters. The predicted octanol–water partition coefficient (Wildman–Crippen LogP) is 0.725. The molecular weight excluding hydrogens is 262 g/mol. The minimum Gasteiger partial charge on any atom is -0.496 e. The van der Waals surface area contributed by atoms with Gasteiger partial charge in [0, 0.05) is 5.39 Å². The fraction of sp³-hybridized carbons (Fsp3) is 0.167. The number of hydrogen-bond acceptors (Lipinski definition) is 6. The van der Waals surface area contributed by atoms with E-state index in [2.05, 4.69) is 25.6 Å². The smallest absolute Gasteiger partial charge is 0.259 e. The summed E-state index contributed by atoms with van der Waals surface area (Å²) in [7, 11) is 3.09. The van der Waals surface area contributed by atoms with Gasteiger partial charge in [-0.25, -0.2) is 0 Å². The molecule has 3 aromatic rings. The number of fused-ring (bicyclic) bond motifs is 1. The summed E-state index contributed by atoms with van der Waals surface area (Å²) in [5.74, 6) is 1.39. The van der Waals surface area contributed by atoms with E-state index in [1.807, 2.05) is 0 Å². The number of methoxy groups -OCH3 is 2. The van der Waals surface area contributed by atoms with Gasteiger partial charge in [-0.05, 0) is 23.4 Å². The van der Waals surface area contributed by atoms with Crippen molar-refractivity contribution in [3.63, 3.8) is 0 Å². The molecule has 3 rings (SSSR count). The quantitative estimate of drug-likeness (QED) is 0.728. The second-order valence-electron chi connectivity index (χ2n) is 4.01. The van der Waals surface area contributed by atoms with E-state index in [4.69, 9.17) is 9.47 Å². The number of nitrogens with zero attached hydrogens (tertiary/aromatic N) is 3. The molecule has 8 nitrogen and oxygen atoms in total. The summed E-state index contributed by atoms with van der Waals surface area (Å²) in [5.41, 5.74) is 0.535. The number of aromatic nitrogens is 5. The van der Waals surface area contributed by atoms with Crippen LogP contribution in [0.5, 0.6) is 11.5 Å². The zero-order valence-corrected chi connectivity index (χ0v) is 10.8. The summed E-state index contributed by atoms with van der Waals surface area (Å²) in [6.45, 7) is 0. The van der Waals surface area contributed by atoms with Gasteiger partial charge in [-0.3, -0.25) is 4.79 Å². The molecule has 8 heteroatoms. The van der Waals surface area contributed by atoms with Gasteiger partial charge in [-0.1, -0.05) is 0 Å². The summed E-state index contributed by atoms with van der Waals surface area (Å²) in [4.78, 5) is 14.9. The van der Waals surface area contributed by atoms with E-state index in [0.717, 1.165) is 0 Å². The van der Waals surface area contributed by atoms with Crippen LogP contribution in [0.3, 0.4) is 0 Å². The van der Waals surface area contributed by atoms with Crippen molar-refractivity contribution in [2.45, 2.75) is 0 Å². The largest absolute Gasteiger partial charge is 0.496 e. The molecule has 0 aliphatic heterocycles. The number of benzene rings is 1. The Morgan fingerprint density at radius 3 is 2.55 bits per heavy atom. The van der Waals surface area contributed by atoms with Gasteiger partial charge >= 0.3 is 0 Å². The summed E-state index contributed by atoms with van der Waals surface area (Å²) in [6, 6.07) is 5.14. The third-order valence-electron chi connectivity index (χ3n) is 2.97. The second kappa shape index (κ2) is 4.65. The van der Waals surface area contributed by atoms with E-state index < -0.39 is 0 Å². The summed E-state index contributed by atoms with van der Waals surface area (Å²) < 4.78 is 10.5. The van der Waals surface area contributed by atoms with E-state index in [-0.39, 0.29) is 11.4 Å². The Hall–Kier alpha value is -2.90. The van der Waals surface area contributed by atoms with Crippen LogP contribution in [0.4, 0.5) is 0 Å². The molecule has 0 radical (unpaired) electrons. The van der Waals surface area contributed by atoms with E-state index in [0.29, 0.717) is 28.0 Å². The van der Waals surface area contributed by atoms with Crippen LogP contribution in [-0.4, -0.2) is 39.8 Å². The van der Waals surface area contributed by atoms with Crippen molar-refractivity contribution in [1.29, 1.82) is 0 Å². The zero-order chi connectivity index (χ0) is 14.1. The maximum Gasteiger partial charge on any atom is 0.259 e. The highest BCUT2D eigenvalue weighted by Crippen LogP contribution is 2.32. The topological polar surface area (TPSA) is 106 Å². The highest BCUT2D eigenvalue weighted by molar-refractivity contribution is 5.92. The predicted molar refractivity (Wildman–Crippen MR) is 70.8 cm³/mol. The Morgan fingerprint density at radius 2 is 1.90 bits per heavy atom. The molecule has 0 fully saturated rings. The lowest BCUT2D eigenvalue weighted by molar-refractivity contribution is 0.409. The second-order valence-corrected chi connectivity index (χ2v) is 4.01. The molecule has 2 aromatic heterocycles. The maximum atomic E-state index is 12.1. The van der Waals surface area contributed by atoms with Crippen LogP contribution in [-0.2, 0) is 0 Å². The first-order chi connectivity index (χ1) is 9.74. The lowest BCUT2D eigenvalue weighted by atomic mass is 10.1. The fourth-order valence-electron chi connectivity index (χ4n) is 2.03. The van der Waals surface area contributed by atoms with Crippen molar-refractivity contribution in [2.75, 3.05) is 14.2 Å². The number of aromatic amines is 2. The van der Waals surface area contributed by atoms with Crippen molar-refractivity contribution in [3.05, 3.63) is 28.6 Å². The van der Waals surface area contributed by atoms with Crippen molar-refractivity contribution in [3.8, 4) is 22.9 Å². The van der Waals surface area contributed by atoms with Gasteiger partial charge in [0.25, 0.3) is 5.56 Å². The zero-order valence-electron chi connectivity index (χ0n) is 10.8. The SMILES string of the molecule is COc1ccc(OC)c2[nH]c(=O)c(-c3nn[nH]n3)cc12. The normalized spacial score (nSPS) is 10.7. The molecule has 0 bridgehead atoms. The fourth-order valence-corrected chi connectivity index (χ4v) is 2.03. The Morgan fingerprint density at radius 1 is 1.15 bits per heavy atom. The van der Waals surface area contributed by atoms with E-state index in [9.17, 15) is 4.79 Å². The highest BCUT2D eigenvalue weighted by Gasteiger charge is 2.14. The molecule has 20 heavy (non-hydrogen) atoms. The monoisotopic (exact) mass is 273 g/mol. The van der Waals surface area contributed by atoms with Gasteiger partial charge < -0.3 is 14.5 Å². The van der Waals surface area contributed by atoms with Crippen LogP contribution in [0.2, 0.25) is 0 Å². The Bertz CT molecular complexity index is 810. The molecule has 0 saturated heterocycles. The summed E-state index contributed by atoms with van der Waals surface area (Å²) >= 11 is 0. The molecule has 0 aliphatic rings. The standard InChI is InChI=1S/C12H11N5O3/c1-19-8-3-4-9(20-2)10-6(8)5-7(12(18)13-10)11-14-16-17-15-11/h3-5H,1-2H3,(H,13,18)(H,14,15,16,17). The van der Waals surface area contributed by atoms with Gasteiger partial charge in [0.05, 0.1) is 25.3 Å². The van der Waals surface area contributed by atoms with Gasteiger partial charge in [0.1, 0.15) is 11.5 Å². The summed E-state index contributed by atoms with van der Waals surface area (Å²) in [5, 5.41) is 14.1. The molecule has 0 amide bonds. The molecule has 0 saturated carbocycles.